The van der Waals surface area contributed by atoms with Crippen LogP contribution >= 0.6 is 0 Å². The van der Waals surface area contributed by atoms with Crippen molar-refractivity contribution in [3.8, 4) is 0 Å². The lowest BCUT2D eigenvalue weighted by Gasteiger charge is -2.26. The van der Waals surface area contributed by atoms with E-state index in [0.717, 1.165) is 25.4 Å². The molecule has 2 nitrogen and oxygen atoms in total. The Kier molecular flexibility index (Phi) is 4.65. The molecule has 2 rings (SSSR count). The van der Waals surface area contributed by atoms with Gasteiger partial charge in [0.05, 0.1) is 0 Å². The van der Waals surface area contributed by atoms with Crippen molar-refractivity contribution >= 4 is 5.69 Å². The average Bonchev–Trinajstić information content (AvgIpc) is 3.22. The van der Waals surface area contributed by atoms with Gasteiger partial charge in [0.25, 0.3) is 0 Å². The second-order valence-corrected chi connectivity index (χ2v) is 5.40. The zero-order valence-corrected chi connectivity index (χ0v) is 11.9. The van der Waals surface area contributed by atoms with Crippen LogP contribution in [0.2, 0.25) is 0 Å². The molecule has 1 aromatic carbocycles. The maximum absolute atomic E-state index is 3.63. The number of hydrogen-bond donors (Lipinski definition) is 1. The molecule has 1 saturated carbocycles. The largest absolute Gasteiger partial charge is 0.373 e. The van der Waals surface area contributed by atoms with Gasteiger partial charge in [-0.15, -0.1) is 0 Å². The Hall–Kier alpha value is -1.02. The topological polar surface area (TPSA) is 15.3 Å². The third-order valence-corrected chi connectivity index (χ3v) is 3.91. The van der Waals surface area contributed by atoms with Crippen molar-refractivity contribution in [1.82, 2.24) is 5.32 Å². The first-order chi connectivity index (χ1) is 8.74. The molecule has 0 heterocycles. The lowest BCUT2D eigenvalue weighted by Crippen LogP contribution is -2.41. The Morgan fingerprint density at radius 2 is 1.89 bits per heavy atom. The Morgan fingerprint density at radius 1 is 1.22 bits per heavy atom. The summed E-state index contributed by atoms with van der Waals surface area (Å²) in [6.45, 7) is 6.59. The third kappa shape index (κ3) is 3.49. The summed E-state index contributed by atoms with van der Waals surface area (Å²) in [6.07, 6.45) is 3.92. The summed E-state index contributed by atoms with van der Waals surface area (Å²) in [5, 5.41) is 3.63. The molecule has 100 valence electrons. The third-order valence-electron chi connectivity index (χ3n) is 3.91. The monoisotopic (exact) mass is 246 g/mol. The predicted octanol–water partition coefficient (Wildman–Crippen LogP) is 3.07. The number of hydrogen-bond acceptors (Lipinski definition) is 2. The van der Waals surface area contributed by atoms with Gasteiger partial charge in [-0.1, -0.05) is 26.0 Å². The second-order valence-electron chi connectivity index (χ2n) is 5.40. The van der Waals surface area contributed by atoms with Crippen LogP contribution in [0.3, 0.4) is 0 Å². The van der Waals surface area contributed by atoms with Crippen molar-refractivity contribution in [3.05, 3.63) is 29.8 Å². The molecule has 0 radical (unpaired) electrons. The average molecular weight is 246 g/mol. The van der Waals surface area contributed by atoms with E-state index in [0.29, 0.717) is 6.04 Å². The molecule has 0 amide bonds. The van der Waals surface area contributed by atoms with Crippen molar-refractivity contribution < 1.29 is 0 Å². The van der Waals surface area contributed by atoms with Gasteiger partial charge in [0.2, 0.25) is 0 Å². The molecule has 1 aliphatic rings. The Morgan fingerprint density at radius 3 is 2.39 bits per heavy atom. The van der Waals surface area contributed by atoms with Crippen LogP contribution in [0.5, 0.6) is 0 Å². The first-order valence-electron chi connectivity index (χ1n) is 7.28. The fourth-order valence-electron chi connectivity index (χ4n) is 2.53. The predicted molar refractivity (Wildman–Crippen MR) is 79.3 cm³/mol. The van der Waals surface area contributed by atoms with Crippen molar-refractivity contribution in [1.29, 1.82) is 0 Å². The molecule has 2 heteroatoms. The van der Waals surface area contributed by atoms with E-state index < -0.39 is 0 Å². The second kappa shape index (κ2) is 6.24. The number of anilines is 1. The first kappa shape index (κ1) is 13.4. The number of aryl methyl sites for hydroxylation is 1. The molecule has 0 saturated heterocycles. The fraction of sp³-hybridized carbons (Fsp3) is 0.625. The molecule has 1 fully saturated rings. The summed E-state index contributed by atoms with van der Waals surface area (Å²) < 4.78 is 0. The highest BCUT2D eigenvalue weighted by atomic mass is 15.1. The summed E-state index contributed by atoms with van der Waals surface area (Å²) in [7, 11) is 2.20. The van der Waals surface area contributed by atoms with Crippen molar-refractivity contribution in [2.75, 3.05) is 25.0 Å². The van der Waals surface area contributed by atoms with Gasteiger partial charge in [-0.2, -0.15) is 0 Å². The zero-order valence-electron chi connectivity index (χ0n) is 11.9. The van der Waals surface area contributed by atoms with Gasteiger partial charge >= 0.3 is 0 Å². The van der Waals surface area contributed by atoms with Crippen LogP contribution in [0.4, 0.5) is 5.69 Å². The number of benzene rings is 1. The van der Waals surface area contributed by atoms with Gasteiger partial charge in [-0.3, -0.25) is 0 Å². The maximum Gasteiger partial charge on any atom is 0.0364 e. The normalized spacial score (nSPS) is 16.6. The van der Waals surface area contributed by atoms with E-state index in [4.69, 9.17) is 0 Å². The molecule has 1 N–H and O–H groups in total. The van der Waals surface area contributed by atoms with Crippen LogP contribution in [0.15, 0.2) is 24.3 Å². The Labute approximate surface area is 111 Å². The molecule has 0 spiro atoms. The van der Waals surface area contributed by atoms with Gasteiger partial charge in [0.1, 0.15) is 0 Å². The minimum atomic E-state index is 0.658. The van der Waals surface area contributed by atoms with Gasteiger partial charge in [-0.05, 0) is 49.4 Å². The molecular weight excluding hydrogens is 220 g/mol. The molecule has 0 aliphatic heterocycles. The fourth-order valence-corrected chi connectivity index (χ4v) is 2.53. The van der Waals surface area contributed by atoms with E-state index in [1.807, 2.05) is 0 Å². The van der Waals surface area contributed by atoms with Crippen molar-refractivity contribution in [2.45, 2.75) is 39.2 Å². The van der Waals surface area contributed by atoms with Crippen LogP contribution in [-0.2, 0) is 6.42 Å². The number of nitrogens with one attached hydrogen (secondary N) is 1. The standard InChI is InChI=1S/C16H26N2/c1-4-13-6-10-15(11-7-13)18(3)12-16(17-5-2)14-8-9-14/h6-7,10-11,14,16-17H,4-5,8-9,12H2,1-3H3. The smallest absolute Gasteiger partial charge is 0.0364 e. The minimum absolute atomic E-state index is 0.658. The lowest BCUT2D eigenvalue weighted by atomic mass is 10.1. The van der Waals surface area contributed by atoms with Crippen molar-refractivity contribution in [3.63, 3.8) is 0 Å². The first-order valence-corrected chi connectivity index (χ1v) is 7.28. The van der Waals surface area contributed by atoms with E-state index in [1.54, 1.807) is 0 Å². The number of rotatable bonds is 7. The van der Waals surface area contributed by atoms with Gasteiger partial charge in [-0.25, -0.2) is 0 Å². The van der Waals surface area contributed by atoms with Gasteiger partial charge in [0.15, 0.2) is 0 Å². The lowest BCUT2D eigenvalue weighted by molar-refractivity contribution is 0.476. The quantitative estimate of drug-likeness (QED) is 0.795. The molecule has 18 heavy (non-hydrogen) atoms. The van der Waals surface area contributed by atoms with Gasteiger partial charge < -0.3 is 10.2 Å². The summed E-state index contributed by atoms with van der Waals surface area (Å²) >= 11 is 0. The zero-order chi connectivity index (χ0) is 13.0. The molecule has 1 unspecified atom stereocenters. The molecule has 0 aromatic heterocycles. The highest BCUT2D eigenvalue weighted by Gasteiger charge is 2.31. The Balaban J connectivity index is 1.94. The maximum atomic E-state index is 3.63. The van der Waals surface area contributed by atoms with Crippen LogP contribution < -0.4 is 10.2 Å². The minimum Gasteiger partial charge on any atom is -0.373 e. The molecule has 1 aromatic rings. The van der Waals surface area contributed by atoms with Gasteiger partial charge in [0, 0.05) is 25.3 Å². The van der Waals surface area contributed by atoms with Crippen LogP contribution in [0, 0.1) is 5.92 Å². The summed E-state index contributed by atoms with van der Waals surface area (Å²) in [6, 6.07) is 9.63. The number of likely N-dealkylation sites (N-methyl/N-ethyl adjacent to an activating group) is 2. The van der Waals surface area contributed by atoms with Crippen LogP contribution in [0.25, 0.3) is 0 Å². The van der Waals surface area contributed by atoms with E-state index in [2.05, 4.69) is 55.4 Å². The number of nitrogens with zero attached hydrogens (tertiary/aromatic N) is 1. The molecule has 0 bridgehead atoms. The van der Waals surface area contributed by atoms with E-state index in [9.17, 15) is 0 Å². The summed E-state index contributed by atoms with van der Waals surface area (Å²) in [5.41, 5.74) is 2.74. The molecule has 1 aliphatic carbocycles. The highest BCUT2D eigenvalue weighted by Crippen LogP contribution is 2.33. The molecule has 1 atom stereocenters. The van der Waals surface area contributed by atoms with E-state index in [-0.39, 0.29) is 0 Å². The SMILES string of the molecule is CCNC(CN(C)c1ccc(CC)cc1)C1CC1. The van der Waals surface area contributed by atoms with Crippen LogP contribution in [-0.4, -0.2) is 26.2 Å². The van der Waals surface area contributed by atoms with Crippen molar-refractivity contribution in [2.24, 2.45) is 5.92 Å². The Bertz CT molecular complexity index is 354. The highest BCUT2D eigenvalue weighted by molar-refractivity contribution is 5.47. The summed E-state index contributed by atoms with van der Waals surface area (Å²) in [4.78, 5) is 2.38. The molecular formula is C16H26N2. The van der Waals surface area contributed by atoms with Crippen LogP contribution in [0.1, 0.15) is 32.3 Å². The van der Waals surface area contributed by atoms with E-state index >= 15 is 0 Å². The summed E-state index contributed by atoms with van der Waals surface area (Å²) in [5.74, 6) is 0.905. The van der Waals surface area contributed by atoms with E-state index in [1.165, 1.54) is 24.1 Å².